The van der Waals surface area contributed by atoms with E-state index in [1.54, 1.807) is 11.1 Å². The molecular formula is C32H36N2S2. The highest BCUT2D eigenvalue weighted by atomic mass is 32.2. The Hall–Kier alpha value is -2.04. The van der Waals surface area contributed by atoms with Gasteiger partial charge in [0.25, 0.3) is 0 Å². The van der Waals surface area contributed by atoms with Crippen molar-refractivity contribution in [2.75, 3.05) is 11.5 Å². The van der Waals surface area contributed by atoms with Gasteiger partial charge in [0.1, 0.15) is 0 Å². The van der Waals surface area contributed by atoms with Gasteiger partial charge in [-0.2, -0.15) is 0 Å². The third-order valence-corrected chi connectivity index (χ3v) is 10.3. The second-order valence-electron chi connectivity index (χ2n) is 10.3. The summed E-state index contributed by atoms with van der Waals surface area (Å²) < 4.78 is 0. The molecule has 2 nitrogen and oxygen atoms in total. The van der Waals surface area contributed by atoms with Crippen LogP contribution in [0, 0.1) is 0 Å². The van der Waals surface area contributed by atoms with E-state index in [1.807, 2.05) is 0 Å². The van der Waals surface area contributed by atoms with Crippen LogP contribution in [-0.2, 0) is 25.7 Å². The normalized spacial score (nSPS) is 15.2. The number of hydrogen-bond donors (Lipinski definition) is 0. The molecule has 0 bridgehead atoms. The molecule has 2 aromatic heterocycles. The summed E-state index contributed by atoms with van der Waals surface area (Å²) in [6, 6.07) is 17.5. The zero-order valence-corrected chi connectivity index (χ0v) is 22.9. The van der Waals surface area contributed by atoms with E-state index in [0.29, 0.717) is 0 Å². The van der Waals surface area contributed by atoms with Crippen LogP contribution in [0.3, 0.4) is 0 Å². The lowest BCUT2D eigenvalue weighted by atomic mass is 9.94. The highest BCUT2D eigenvalue weighted by molar-refractivity contribution is 7.99. The Morgan fingerprint density at radius 1 is 0.528 bits per heavy atom. The minimum absolute atomic E-state index is 1.15. The number of unbranched alkanes of at least 4 members (excludes halogenated alkanes) is 3. The second-order valence-corrected chi connectivity index (χ2v) is 12.5. The first kappa shape index (κ1) is 24.3. The Balaban J connectivity index is 1.02. The van der Waals surface area contributed by atoms with Gasteiger partial charge >= 0.3 is 0 Å². The van der Waals surface area contributed by atoms with Crippen molar-refractivity contribution in [2.45, 2.75) is 86.8 Å². The highest BCUT2D eigenvalue weighted by Gasteiger charge is 2.19. The monoisotopic (exact) mass is 512 g/mol. The van der Waals surface area contributed by atoms with Gasteiger partial charge in [-0.05, 0) is 99.0 Å². The minimum atomic E-state index is 1.15. The standard InChI is InChI=1S/C32H36N2S2/c1(11-21-35-31-23-13-3-7-17-27(23)33-28-18-8-4-14-24(28)31)2-12-22-36-32-25-15-5-9-19-29(25)34-30-20-10-6-16-26(30)32/h3,5,7,9,13,15,17,19H,1-2,4,6,8,10-12,14,16,18,20-22H2. The van der Waals surface area contributed by atoms with Crippen molar-refractivity contribution in [1.82, 2.24) is 9.97 Å². The number of rotatable bonds is 9. The molecule has 0 fully saturated rings. The Bertz CT molecular complexity index is 1260. The molecule has 0 N–H and O–H groups in total. The first-order chi connectivity index (χ1) is 17.9. The average molecular weight is 513 g/mol. The summed E-state index contributed by atoms with van der Waals surface area (Å²) in [5.41, 5.74) is 8.20. The van der Waals surface area contributed by atoms with E-state index in [0.717, 1.165) is 12.8 Å². The molecule has 0 unspecified atom stereocenters. The van der Waals surface area contributed by atoms with Gasteiger partial charge in [-0.15, -0.1) is 23.5 Å². The van der Waals surface area contributed by atoms with Crippen molar-refractivity contribution >= 4 is 45.3 Å². The van der Waals surface area contributed by atoms with E-state index in [2.05, 4.69) is 72.1 Å². The molecule has 0 spiro atoms. The van der Waals surface area contributed by atoms with Crippen LogP contribution in [0.25, 0.3) is 21.8 Å². The first-order valence-electron chi connectivity index (χ1n) is 13.9. The Kier molecular flexibility index (Phi) is 7.81. The van der Waals surface area contributed by atoms with Crippen molar-refractivity contribution in [3.63, 3.8) is 0 Å². The molecular weight excluding hydrogens is 477 g/mol. The van der Waals surface area contributed by atoms with Gasteiger partial charge in [0.05, 0.1) is 11.0 Å². The van der Waals surface area contributed by atoms with Crippen molar-refractivity contribution in [2.24, 2.45) is 0 Å². The van der Waals surface area contributed by atoms with Crippen molar-refractivity contribution in [1.29, 1.82) is 0 Å². The van der Waals surface area contributed by atoms with E-state index >= 15 is 0 Å². The fourth-order valence-corrected chi connectivity index (χ4v) is 8.44. The maximum atomic E-state index is 5.01. The third-order valence-electron chi connectivity index (χ3n) is 7.77. The summed E-state index contributed by atoms with van der Waals surface area (Å²) >= 11 is 4.18. The molecule has 0 amide bonds. The number of pyridine rings is 2. The molecule has 0 saturated heterocycles. The quantitative estimate of drug-likeness (QED) is 0.165. The molecule has 0 aliphatic heterocycles. The largest absolute Gasteiger partial charge is 0.252 e. The minimum Gasteiger partial charge on any atom is -0.252 e. The maximum Gasteiger partial charge on any atom is 0.0716 e. The van der Waals surface area contributed by atoms with E-state index in [4.69, 9.17) is 9.97 Å². The van der Waals surface area contributed by atoms with Crippen molar-refractivity contribution in [3.05, 3.63) is 71.0 Å². The highest BCUT2D eigenvalue weighted by Crippen LogP contribution is 2.38. The zero-order chi connectivity index (χ0) is 24.2. The van der Waals surface area contributed by atoms with Crippen LogP contribution in [0.5, 0.6) is 0 Å². The van der Waals surface area contributed by atoms with E-state index in [9.17, 15) is 0 Å². The summed E-state index contributed by atoms with van der Waals surface area (Å²) in [5.74, 6) is 2.44. The Morgan fingerprint density at radius 3 is 1.47 bits per heavy atom. The summed E-state index contributed by atoms with van der Waals surface area (Å²) in [5, 5.41) is 2.74. The van der Waals surface area contributed by atoms with Crippen LogP contribution < -0.4 is 0 Å². The lowest BCUT2D eigenvalue weighted by Gasteiger charge is -2.20. The molecule has 4 heteroatoms. The molecule has 0 saturated carbocycles. The summed E-state index contributed by atoms with van der Waals surface area (Å²) in [4.78, 5) is 13.1. The number of aryl methyl sites for hydroxylation is 2. The number of aromatic nitrogens is 2. The number of nitrogens with zero attached hydrogens (tertiary/aromatic N) is 2. The number of hydrogen-bond acceptors (Lipinski definition) is 4. The molecule has 0 atom stereocenters. The fraction of sp³-hybridized carbons (Fsp3) is 0.438. The molecule has 2 aliphatic carbocycles. The maximum absolute atomic E-state index is 5.01. The SMILES string of the molecule is c1ccc2c(SCCCCCCSc3c4c(nc5ccccc35)CCCC4)c3c(nc2c1)CCCC3. The van der Waals surface area contributed by atoms with Crippen molar-refractivity contribution in [3.8, 4) is 0 Å². The molecule has 186 valence electrons. The van der Waals surface area contributed by atoms with E-state index in [1.165, 1.54) is 119 Å². The number of benzene rings is 2. The van der Waals surface area contributed by atoms with Gasteiger partial charge in [-0.1, -0.05) is 49.2 Å². The van der Waals surface area contributed by atoms with Crippen LogP contribution in [0.2, 0.25) is 0 Å². The molecule has 2 heterocycles. The third kappa shape index (κ3) is 5.17. The molecule has 4 aromatic rings. The summed E-state index contributed by atoms with van der Waals surface area (Å²) in [6.45, 7) is 0. The first-order valence-corrected chi connectivity index (χ1v) is 15.9. The molecule has 0 radical (unpaired) electrons. The molecule has 2 aromatic carbocycles. The van der Waals surface area contributed by atoms with E-state index < -0.39 is 0 Å². The van der Waals surface area contributed by atoms with Crippen molar-refractivity contribution < 1.29 is 0 Å². The number of fused-ring (bicyclic) bond motifs is 4. The second kappa shape index (κ2) is 11.6. The predicted octanol–water partition coefficient (Wildman–Crippen LogP) is 8.99. The van der Waals surface area contributed by atoms with Gasteiger partial charge in [-0.25, -0.2) is 0 Å². The average Bonchev–Trinajstić information content (AvgIpc) is 2.93. The summed E-state index contributed by atoms with van der Waals surface area (Å²) in [6.07, 6.45) is 15.2. The smallest absolute Gasteiger partial charge is 0.0716 e. The van der Waals surface area contributed by atoms with Crippen LogP contribution in [0.1, 0.15) is 73.9 Å². The van der Waals surface area contributed by atoms with Gasteiger partial charge in [0, 0.05) is 32.0 Å². The number of thioether (sulfide) groups is 2. The van der Waals surface area contributed by atoms with Crippen LogP contribution in [0.4, 0.5) is 0 Å². The Labute approximate surface area is 224 Å². The van der Waals surface area contributed by atoms with E-state index in [-0.39, 0.29) is 0 Å². The van der Waals surface area contributed by atoms with Gasteiger partial charge < -0.3 is 0 Å². The topological polar surface area (TPSA) is 25.8 Å². The van der Waals surface area contributed by atoms with Crippen LogP contribution in [0.15, 0.2) is 58.3 Å². The van der Waals surface area contributed by atoms with Gasteiger partial charge in [-0.3, -0.25) is 9.97 Å². The Morgan fingerprint density at radius 2 is 0.972 bits per heavy atom. The molecule has 6 rings (SSSR count). The summed E-state index contributed by atoms with van der Waals surface area (Å²) in [7, 11) is 0. The van der Waals surface area contributed by atoms with Gasteiger partial charge in [0.2, 0.25) is 0 Å². The van der Waals surface area contributed by atoms with Crippen LogP contribution >= 0.6 is 23.5 Å². The van der Waals surface area contributed by atoms with Crippen LogP contribution in [-0.4, -0.2) is 21.5 Å². The molecule has 36 heavy (non-hydrogen) atoms. The number of para-hydroxylation sites is 2. The zero-order valence-electron chi connectivity index (χ0n) is 21.2. The lowest BCUT2D eigenvalue weighted by molar-refractivity contribution is 0.661. The fourth-order valence-electron chi connectivity index (χ4n) is 5.89. The van der Waals surface area contributed by atoms with Gasteiger partial charge in [0.15, 0.2) is 0 Å². The lowest BCUT2D eigenvalue weighted by Crippen LogP contribution is -2.08. The predicted molar refractivity (Wildman–Crippen MR) is 157 cm³/mol. The molecule has 2 aliphatic rings.